The average molecular weight is 304 g/mol. The van der Waals surface area contributed by atoms with Gasteiger partial charge in [0.25, 0.3) is 0 Å². The molecule has 0 bridgehead atoms. The molecule has 22 heavy (non-hydrogen) atoms. The third kappa shape index (κ3) is 6.12. The number of ketones is 1. The van der Waals surface area contributed by atoms with E-state index < -0.39 is 5.97 Å². The third-order valence-electron chi connectivity index (χ3n) is 3.16. The zero-order valence-corrected chi connectivity index (χ0v) is 13.6. The molecule has 0 radical (unpaired) electrons. The van der Waals surface area contributed by atoms with Gasteiger partial charge in [-0.2, -0.15) is 0 Å². The van der Waals surface area contributed by atoms with Crippen LogP contribution in [0.4, 0.5) is 0 Å². The monoisotopic (exact) mass is 304 g/mol. The zero-order valence-electron chi connectivity index (χ0n) is 13.6. The summed E-state index contributed by atoms with van der Waals surface area (Å²) >= 11 is 0. The van der Waals surface area contributed by atoms with Gasteiger partial charge in [0, 0.05) is 12.0 Å². The van der Waals surface area contributed by atoms with E-state index in [0.717, 1.165) is 23.3 Å². The molecule has 0 saturated heterocycles. The highest BCUT2D eigenvalue weighted by atomic mass is 16.5. The lowest BCUT2D eigenvalue weighted by molar-refractivity contribution is -0.145. The molecule has 0 amide bonds. The zero-order chi connectivity index (χ0) is 16.4. The van der Waals surface area contributed by atoms with E-state index >= 15 is 0 Å². The van der Waals surface area contributed by atoms with Crippen molar-refractivity contribution in [2.75, 3.05) is 13.7 Å². The van der Waals surface area contributed by atoms with Crippen molar-refractivity contribution >= 4 is 17.5 Å². The number of carbonyl (C=O) groups excluding carboxylic acids is 2. The number of hydrogen-bond donors (Lipinski definition) is 0. The van der Waals surface area contributed by atoms with Crippen molar-refractivity contribution in [2.24, 2.45) is 0 Å². The number of aryl methyl sites for hydroxylation is 1. The van der Waals surface area contributed by atoms with Gasteiger partial charge in [0.2, 0.25) is 0 Å². The molecule has 0 aliphatic carbocycles. The molecule has 1 rings (SSSR count). The lowest BCUT2D eigenvalue weighted by Gasteiger charge is -2.08. The van der Waals surface area contributed by atoms with E-state index in [-0.39, 0.29) is 12.2 Å². The maximum Gasteiger partial charge on any atom is 0.313 e. The predicted octanol–water partition coefficient (Wildman–Crippen LogP) is 3.54. The minimum Gasteiger partial charge on any atom is -0.496 e. The molecule has 0 N–H and O–H groups in total. The van der Waals surface area contributed by atoms with Crippen LogP contribution < -0.4 is 0 Å². The van der Waals surface area contributed by atoms with E-state index in [9.17, 15) is 9.59 Å². The Kier molecular flexibility index (Phi) is 7.97. The summed E-state index contributed by atoms with van der Waals surface area (Å²) < 4.78 is 10.1. The van der Waals surface area contributed by atoms with Gasteiger partial charge >= 0.3 is 5.97 Å². The van der Waals surface area contributed by atoms with Crippen molar-refractivity contribution in [3.8, 4) is 0 Å². The van der Waals surface area contributed by atoms with E-state index in [2.05, 4.69) is 6.92 Å². The Morgan fingerprint density at radius 3 is 2.64 bits per heavy atom. The summed E-state index contributed by atoms with van der Waals surface area (Å²) in [6.45, 7) is 4.08. The van der Waals surface area contributed by atoms with Gasteiger partial charge in [-0.15, -0.1) is 0 Å². The van der Waals surface area contributed by atoms with Crippen molar-refractivity contribution in [3.05, 3.63) is 41.5 Å². The summed E-state index contributed by atoms with van der Waals surface area (Å²) in [5.41, 5.74) is 2.05. The summed E-state index contributed by atoms with van der Waals surface area (Å²) in [6, 6.07) is 7.92. The Bertz CT molecular complexity index is 532. The van der Waals surface area contributed by atoms with Crippen molar-refractivity contribution in [1.29, 1.82) is 0 Å². The van der Waals surface area contributed by atoms with Gasteiger partial charge in [-0.1, -0.05) is 25.1 Å². The highest BCUT2D eigenvalue weighted by Gasteiger charge is 2.10. The van der Waals surface area contributed by atoms with Crippen LogP contribution in [0, 0.1) is 0 Å². The number of Topliss-reactive ketones (excluding diaryl/α,β-unsaturated/α-hetero) is 1. The first kappa shape index (κ1) is 18.0. The maximum atomic E-state index is 11.7. The van der Waals surface area contributed by atoms with E-state index in [0.29, 0.717) is 19.4 Å². The van der Waals surface area contributed by atoms with Crippen LogP contribution in [0.25, 0.3) is 5.76 Å². The number of carbonyl (C=O) groups is 2. The summed E-state index contributed by atoms with van der Waals surface area (Å²) in [5.74, 6) is 0.288. The van der Waals surface area contributed by atoms with E-state index in [1.54, 1.807) is 14.0 Å². The largest absolute Gasteiger partial charge is 0.496 e. The molecule has 0 aliphatic rings. The van der Waals surface area contributed by atoms with E-state index in [4.69, 9.17) is 9.47 Å². The van der Waals surface area contributed by atoms with Gasteiger partial charge in [-0.05, 0) is 37.5 Å². The molecule has 4 heteroatoms. The summed E-state index contributed by atoms with van der Waals surface area (Å²) in [4.78, 5) is 23.0. The number of hydrogen-bond acceptors (Lipinski definition) is 4. The van der Waals surface area contributed by atoms with Crippen molar-refractivity contribution in [2.45, 2.75) is 39.5 Å². The molecule has 0 fully saturated rings. The molecule has 4 nitrogen and oxygen atoms in total. The number of ether oxygens (including phenoxy) is 2. The van der Waals surface area contributed by atoms with Crippen LogP contribution in [0.3, 0.4) is 0 Å². The minimum absolute atomic E-state index is 0.0973. The molecule has 1 aromatic rings. The van der Waals surface area contributed by atoms with Gasteiger partial charge in [0.15, 0.2) is 0 Å². The second-order valence-electron chi connectivity index (χ2n) is 4.90. The van der Waals surface area contributed by atoms with Crippen LogP contribution in [0.15, 0.2) is 30.3 Å². The van der Waals surface area contributed by atoms with Crippen LogP contribution in [0.2, 0.25) is 0 Å². The maximum absolute atomic E-state index is 11.7. The molecule has 0 atom stereocenters. The first-order chi connectivity index (χ1) is 10.6. The van der Waals surface area contributed by atoms with Crippen molar-refractivity contribution < 1.29 is 19.1 Å². The fourth-order valence-electron chi connectivity index (χ4n) is 2.13. The Labute approximate surface area is 132 Å². The second kappa shape index (κ2) is 9.77. The standard InChI is InChI=1S/C18H24O4/c1-4-7-17(21-3)15-9-6-8-14(12-15)10-11-16(19)13-18(20)22-5-2/h6-9,12H,4-5,10-11,13H2,1-3H3/b17-7-. The first-order valence-corrected chi connectivity index (χ1v) is 7.61. The lowest BCUT2D eigenvalue weighted by atomic mass is 10.0. The van der Waals surface area contributed by atoms with Gasteiger partial charge in [0.05, 0.1) is 13.7 Å². The Hall–Kier alpha value is -2.10. The number of methoxy groups -OCH3 is 1. The van der Waals surface area contributed by atoms with Crippen LogP contribution in [0.5, 0.6) is 0 Å². The van der Waals surface area contributed by atoms with Crippen molar-refractivity contribution in [3.63, 3.8) is 0 Å². The molecule has 0 aliphatic heterocycles. The van der Waals surface area contributed by atoms with Gasteiger partial charge in [-0.25, -0.2) is 0 Å². The summed E-state index contributed by atoms with van der Waals surface area (Å²) in [6.07, 6.45) is 3.71. The van der Waals surface area contributed by atoms with E-state index in [1.807, 2.05) is 30.3 Å². The number of benzene rings is 1. The van der Waals surface area contributed by atoms with Crippen LogP contribution in [-0.4, -0.2) is 25.5 Å². The van der Waals surface area contributed by atoms with Crippen LogP contribution in [-0.2, 0) is 25.5 Å². The van der Waals surface area contributed by atoms with Gasteiger partial charge < -0.3 is 9.47 Å². The normalized spacial score (nSPS) is 11.1. The lowest BCUT2D eigenvalue weighted by Crippen LogP contribution is -2.11. The number of allylic oxidation sites excluding steroid dienone is 1. The summed E-state index contributed by atoms with van der Waals surface area (Å²) in [7, 11) is 1.65. The third-order valence-corrected chi connectivity index (χ3v) is 3.16. The van der Waals surface area contributed by atoms with Crippen LogP contribution >= 0.6 is 0 Å². The first-order valence-electron chi connectivity index (χ1n) is 7.61. The van der Waals surface area contributed by atoms with Crippen LogP contribution in [0.1, 0.15) is 44.2 Å². The average Bonchev–Trinajstić information content (AvgIpc) is 2.51. The molecule has 120 valence electrons. The van der Waals surface area contributed by atoms with Crippen molar-refractivity contribution in [1.82, 2.24) is 0 Å². The topological polar surface area (TPSA) is 52.6 Å². The molecule has 0 spiro atoms. The number of esters is 1. The fourth-order valence-corrected chi connectivity index (χ4v) is 2.13. The summed E-state index contributed by atoms with van der Waals surface area (Å²) in [5, 5.41) is 0. The predicted molar refractivity (Wildman–Crippen MR) is 86.3 cm³/mol. The smallest absolute Gasteiger partial charge is 0.313 e. The molecule has 0 saturated carbocycles. The molecule has 1 aromatic carbocycles. The molecular formula is C18H24O4. The minimum atomic E-state index is -0.450. The molecule has 0 unspecified atom stereocenters. The highest BCUT2D eigenvalue weighted by Crippen LogP contribution is 2.18. The number of rotatable bonds is 9. The van der Waals surface area contributed by atoms with E-state index in [1.165, 1.54) is 0 Å². The molecule has 0 aromatic heterocycles. The van der Waals surface area contributed by atoms with Gasteiger partial charge in [0.1, 0.15) is 18.0 Å². The SMILES string of the molecule is CC/C=C(\OC)c1cccc(CCC(=O)CC(=O)OCC)c1. The molecule has 0 heterocycles. The second-order valence-corrected chi connectivity index (χ2v) is 4.90. The Morgan fingerprint density at radius 2 is 2.00 bits per heavy atom. The Morgan fingerprint density at radius 1 is 1.23 bits per heavy atom. The Balaban J connectivity index is 2.62. The fraction of sp³-hybridized carbons (Fsp3) is 0.444. The van der Waals surface area contributed by atoms with Gasteiger partial charge in [-0.3, -0.25) is 9.59 Å². The quantitative estimate of drug-likeness (QED) is 0.398. The molecular weight excluding hydrogens is 280 g/mol. The highest BCUT2D eigenvalue weighted by molar-refractivity contribution is 5.95.